The molecule has 2 aromatic carbocycles. The number of rotatable bonds is 5. The van der Waals surface area contributed by atoms with Gasteiger partial charge in [-0.1, -0.05) is 30.3 Å². The SMILES string of the molecule is O=C(CN1CCN(C(=O)Nc2ccccc2Oc2ccccc2)CC1)N1CCCCC1. The number of carbonyl (C=O) groups excluding carboxylic acids is 2. The molecule has 2 aliphatic heterocycles. The van der Waals surface area contributed by atoms with E-state index in [1.165, 1.54) is 6.42 Å². The first-order chi connectivity index (χ1) is 15.2. The van der Waals surface area contributed by atoms with Crippen molar-refractivity contribution in [2.45, 2.75) is 19.3 Å². The summed E-state index contributed by atoms with van der Waals surface area (Å²) < 4.78 is 5.93. The van der Waals surface area contributed by atoms with Gasteiger partial charge in [-0.15, -0.1) is 0 Å². The fourth-order valence-corrected chi connectivity index (χ4v) is 4.01. The molecule has 2 aromatic rings. The molecule has 0 unspecified atom stereocenters. The van der Waals surface area contributed by atoms with E-state index >= 15 is 0 Å². The van der Waals surface area contributed by atoms with Crippen molar-refractivity contribution in [1.29, 1.82) is 0 Å². The Morgan fingerprint density at radius 1 is 0.774 bits per heavy atom. The van der Waals surface area contributed by atoms with E-state index in [0.717, 1.165) is 31.7 Å². The number of ether oxygens (including phenoxy) is 1. The van der Waals surface area contributed by atoms with Crippen LogP contribution >= 0.6 is 0 Å². The van der Waals surface area contributed by atoms with Crippen LogP contribution in [0, 0.1) is 0 Å². The summed E-state index contributed by atoms with van der Waals surface area (Å²) in [6.45, 7) is 4.81. The van der Waals surface area contributed by atoms with Crippen molar-refractivity contribution >= 4 is 17.6 Å². The van der Waals surface area contributed by atoms with E-state index in [4.69, 9.17) is 4.74 Å². The monoisotopic (exact) mass is 422 g/mol. The lowest BCUT2D eigenvalue weighted by atomic mass is 10.1. The molecular formula is C24H30N4O3. The molecule has 1 N–H and O–H groups in total. The summed E-state index contributed by atoms with van der Waals surface area (Å²) in [6.07, 6.45) is 3.43. The summed E-state index contributed by atoms with van der Waals surface area (Å²) in [5.41, 5.74) is 0.638. The van der Waals surface area contributed by atoms with Gasteiger partial charge in [0.25, 0.3) is 0 Å². The Morgan fingerprint density at radius 3 is 2.19 bits per heavy atom. The molecule has 7 heteroatoms. The Kier molecular flexibility index (Phi) is 7.04. The predicted molar refractivity (Wildman–Crippen MR) is 120 cm³/mol. The molecule has 3 amide bonds. The van der Waals surface area contributed by atoms with Gasteiger partial charge in [0.05, 0.1) is 12.2 Å². The van der Waals surface area contributed by atoms with E-state index in [1.807, 2.05) is 59.5 Å². The van der Waals surface area contributed by atoms with Gasteiger partial charge in [-0.05, 0) is 43.5 Å². The number of carbonyl (C=O) groups is 2. The van der Waals surface area contributed by atoms with Gasteiger partial charge in [-0.2, -0.15) is 0 Å². The molecule has 0 bridgehead atoms. The van der Waals surface area contributed by atoms with E-state index in [-0.39, 0.29) is 11.9 Å². The first-order valence-electron chi connectivity index (χ1n) is 11.1. The lowest BCUT2D eigenvalue weighted by molar-refractivity contribution is -0.133. The summed E-state index contributed by atoms with van der Waals surface area (Å²) in [4.78, 5) is 31.2. The number of amides is 3. The number of hydrogen-bond acceptors (Lipinski definition) is 4. The summed E-state index contributed by atoms with van der Waals surface area (Å²) in [5.74, 6) is 1.54. The van der Waals surface area contributed by atoms with Crippen molar-refractivity contribution in [3.63, 3.8) is 0 Å². The fraction of sp³-hybridized carbons (Fsp3) is 0.417. The van der Waals surface area contributed by atoms with Crippen LogP contribution in [0.1, 0.15) is 19.3 Å². The van der Waals surface area contributed by atoms with Crippen LogP contribution in [-0.2, 0) is 4.79 Å². The van der Waals surface area contributed by atoms with Gasteiger partial charge in [0.2, 0.25) is 5.91 Å². The van der Waals surface area contributed by atoms with Gasteiger partial charge in [-0.25, -0.2) is 4.79 Å². The van der Waals surface area contributed by atoms with E-state index in [1.54, 1.807) is 4.90 Å². The maximum atomic E-state index is 12.8. The second-order valence-electron chi connectivity index (χ2n) is 8.05. The molecule has 0 aliphatic carbocycles. The largest absolute Gasteiger partial charge is 0.455 e. The minimum atomic E-state index is -0.147. The zero-order valence-corrected chi connectivity index (χ0v) is 17.8. The topological polar surface area (TPSA) is 65.1 Å². The lowest BCUT2D eigenvalue weighted by Gasteiger charge is -2.36. The third-order valence-electron chi connectivity index (χ3n) is 5.83. The van der Waals surface area contributed by atoms with E-state index in [2.05, 4.69) is 10.2 Å². The number of hydrogen-bond donors (Lipinski definition) is 1. The molecule has 2 heterocycles. The average Bonchev–Trinajstić information content (AvgIpc) is 2.82. The highest BCUT2D eigenvalue weighted by atomic mass is 16.5. The van der Waals surface area contributed by atoms with Crippen LogP contribution in [0.3, 0.4) is 0 Å². The number of anilines is 1. The van der Waals surface area contributed by atoms with Crippen LogP contribution < -0.4 is 10.1 Å². The standard InChI is InChI=1S/C24H30N4O3/c29-23(27-13-7-2-8-14-27)19-26-15-17-28(18-16-26)24(30)25-21-11-5-6-12-22(21)31-20-9-3-1-4-10-20/h1,3-6,9-12H,2,7-8,13-19H2,(H,25,30). The van der Waals surface area contributed by atoms with Crippen molar-refractivity contribution in [2.24, 2.45) is 0 Å². The highest BCUT2D eigenvalue weighted by Crippen LogP contribution is 2.29. The minimum absolute atomic E-state index is 0.147. The Labute approximate surface area is 183 Å². The van der Waals surface area contributed by atoms with E-state index in [9.17, 15) is 9.59 Å². The Bertz CT molecular complexity index is 875. The summed E-state index contributed by atoms with van der Waals surface area (Å²) in [5, 5.41) is 2.98. The number of urea groups is 1. The smallest absolute Gasteiger partial charge is 0.322 e. The van der Waals surface area contributed by atoms with Crippen molar-refractivity contribution in [3.05, 3.63) is 54.6 Å². The van der Waals surface area contributed by atoms with Crippen LogP contribution in [0.5, 0.6) is 11.5 Å². The van der Waals surface area contributed by atoms with Gasteiger partial charge >= 0.3 is 6.03 Å². The van der Waals surface area contributed by atoms with Crippen molar-refractivity contribution < 1.29 is 14.3 Å². The van der Waals surface area contributed by atoms with Crippen molar-refractivity contribution in [1.82, 2.24) is 14.7 Å². The van der Waals surface area contributed by atoms with Crippen LogP contribution in [0.25, 0.3) is 0 Å². The molecule has 0 aromatic heterocycles. The molecule has 0 radical (unpaired) electrons. The average molecular weight is 423 g/mol. The fourth-order valence-electron chi connectivity index (χ4n) is 4.01. The maximum Gasteiger partial charge on any atom is 0.322 e. The van der Waals surface area contributed by atoms with Crippen molar-refractivity contribution in [3.8, 4) is 11.5 Å². The number of nitrogens with one attached hydrogen (secondary N) is 1. The van der Waals surface area contributed by atoms with Crippen LogP contribution in [0.4, 0.5) is 10.5 Å². The number of para-hydroxylation sites is 3. The third kappa shape index (κ3) is 5.76. The zero-order chi connectivity index (χ0) is 21.5. The number of piperazine rings is 1. The minimum Gasteiger partial charge on any atom is -0.455 e. The summed E-state index contributed by atoms with van der Waals surface area (Å²) in [6, 6.07) is 16.8. The molecule has 2 aliphatic rings. The number of likely N-dealkylation sites (tertiary alicyclic amines) is 1. The van der Waals surface area contributed by atoms with E-state index in [0.29, 0.717) is 44.2 Å². The number of piperidine rings is 1. The van der Waals surface area contributed by atoms with Gasteiger partial charge < -0.3 is 19.9 Å². The Hall–Kier alpha value is -3.06. The second kappa shape index (κ2) is 10.3. The molecule has 7 nitrogen and oxygen atoms in total. The first kappa shape index (κ1) is 21.2. The van der Waals surface area contributed by atoms with Crippen LogP contribution in [-0.4, -0.2) is 72.5 Å². The molecule has 31 heavy (non-hydrogen) atoms. The molecule has 2 saturated heterocycles. The van der Waals surface area contributed by atoms with Gasteiger partial charge in [0.1, 0.15) is 5.75 Å². The normalized spacial score (nSPS) is 17.3. The van der Waals surface area contributed by atoms with Gasteiger partial charge in [0, 0.05) is 39.3 Å². The Balaban J connectivity index is 1.28. The highest BCUT2D eigenvalue weighted by molar-refractivity contribution is 5.91. The Morgan fingerprint density at radius 2 is 1.45 bits per heavy atom. The van der Waals surface area contributed by atoms with Crippen molar-refractivity contribution in [2.75, 3.05) is 51.1 Å². The lowest BCUT2D eigenvalue weighted by Crippen LogP contribution is -2.52. The summed E-state index contributed by atoms with van der Waals surface area (Å²) in [7, 11) is 0. The van der Waals surface area contributed by atoms with Gasteiger partial charge in [0.15, 0.2) is 5.75 Å². The van der Waals surface area contributed by atoms with E-state index < -0.39 is 0 Å². The molecule has 4 rings (SSSR count). The first-order valence-corrected chi connectivity index (χ1v) is 11.1. The third-order valence-corrected chi connectivity index (χ3v) is 5.83. The predicted octanol–water partition coefficient (Wildman–Crippen LogP) is 3.64. The van der Waals surface area contributed by atoms with Crippen LogP contribution in [0.15, 0.2) is 54.6 Å². The molecule has 2 fully saturated rings. The van der Waals surface area contributed by atoms with Gasteiger partial charge in [-0.3, -0.25) is 9.69 Å². The molecular weight excluding hydrogens is 392 g/mol. The maximum absolute atomic E-state index is 12.8. The molecule has 0 spiro atoms. The molecule has 164 valence electrons. The zero-order valence-electron chi connectivity index (χ0n) is 17.8. The quantitative estimate of drug-likeness (QED) is 0.799. The molecule has 0 saturated carbocycles. The second-order valence-corrected chi connectivity index (χ2v) is 8.05. The van der Waals surface area contributed by atoms with Crippen LogP contribution in [0.2, 0.25) is 0 Å². The summed E-state index contributed by atoms with van der Waals surface area (Å²) >= 11 is 0. The molecule has 0 atom stereocenters. The number of nitrogens with zero attached hydrogens (tertiary/aromatic N) is 3. The number of benzene rings is 2. The highest BCUT2D eigenvalue weighted by Gasteiger charge is 2.25.